The molecule has 0 radical (unpaired) electrons. The van der Waals surface area contributed by atoms with Gasteiger partial charge in [0, 0.05) is 0 Å². The summed E-state index contributed by atoms with van der Waals surface area (Å²) in [5.41, 5.74) is 0. The molecule has 0 aliphatic heterocycles. The van der Waals surface area contributed by atoms with Crippen molar-refractivity contribution >= 4 is 12.4 Å². The van der Waals surface area contributed by atoms with Crippen LogP contribution in [0.1, 0.15) is 20.3 Å². The Balaban J connectivity index is 0. The molecule has 0 aromatic carbocycles. The predicted octanol–water partition coefficient (Wildman–Crippen LogP) is 1.34. The van der Waals surface area contributed by atoms with Gasteiger partial charge >= 0.3 is 0 Å². The zero-order valence-corrected chi connectivity index (χ0v) is 6.20. The normalized spacial score (nSPS) is 12.4. The van der Waals surface area contributed by atoms with Crippen molar-refractivity contribution in [3.05, 3.63) is 0 Å². The highest BCUT2D eigenvalue weighted by molar-refractivity contribution is 5.85. The van der Waals surface area contributed by atoms with Gasteiger partial charge in [-0.15, -0.1) is 12.4 Å². The van der Waals surface area contributed by atoms with Gasteiger partial charge in [-0.05, 0) is 5.92 Å². The SMILES string of the molecule is CCC(C)CON.Cl. The summed E-state index contributed by atoms with van der Waals surface area (Å²) in [6.07, 6.45) is 1.14. The molecule has 0 aromatic rings. The fourth-order valence-corrected chi connectivity index (χ4v) is 0.282. The molecule has 0 fully saturated rings. The molecule has 2 nitrogen and oxygen atoms in total. The first kappa shape index (κ1) is 11.1. The molecule has 0 spiro atoms. The minimum absolute atomic E-state index is 0. The van der Waals surface area contributed by atoms with Crippen LogP contribution in [0, 0.1) is 5.92 Å². The van der Waals surface area contributed by atoms with E-state index < -0.39 is 0 Å². The van der Waals surface area contributed by atoms with Crippen LogP contribution in [0.3, 0.4) is 0 Å². The summed E-state index contributed by atoms with van der Waals surface area (Å²) in [5, 5.41) is 0. The Labute approximate surface area is 56.8 Å². The number of halogens is 1. The molecule has 0 aliphatic carbocycles. The number of nitrogens with two attached hydrogens (primary N) is 1. The summed E-state index contributed by atoms with van der Waals surface area (Å²) in [6.45, 7) is 4.90. The highest BCUT2D eigenvalue weighted by Crippen LogP contribution is 1.97. The molecule has 8 heavy (non-hydrogen) atoms. The molecule has 3 heteroatoms. The van der Waals surface area contributed by atoms with Gasteiger partial charge in [0.05, 0.1) is 6.61 Å². The maximum atomic E-state index is 4.80. The van der Waals surface area contributed by atoms with Gasteiger partial charge in [-0.25, -0.2) is 5.90 Å². The van der Waals surface area contributed by atoms with E-state index in [2.05, 4.69) is 18.7 Å². The van der Waals surface area contributed by atoms with E-state index in [9.17, 15) is 0 Å². The zero-order valence-electron chi connectivity index (χ0n) is 5.39. The Hall–Kier alpha value is 0.210. The van der Waals surface area contributed by atoms with E-state index in [0.717, 1.165) is 6.42 Å². The van der Waals surface area contributed by atoms with Crippen LogP contribution in [-0.4, -0.2) is 6.61 Å². The number of hydrogen-bond donors (Lipinski definition) is 1. The average Bonchev–Trinajstić information content (AvgIpc) is 1.68. The lowest BCUT2D eigenvalue weighted by molar-refractivity contribution is 0.106. The van der Waals surface area contributed by atoms with Crippen molar-refractivity contribution in [2.45, 2.75) is 20.3 Å². The van der Waals surface area contributed by atoms with Crippen LogP contribution >= 0.6 is 12.4 Å². The molecule has 0 bridgehead atoms. The second-order valence-corrected chi connectivity index (χ2v) is 1.85. The molecule has 0 aliphatic rings. The van der Waals surface area contributed by atoms with Gasteiger partial charge in [0.25, 0.3) is 0 Å². The third-order valence-corrected chi connectivity index (χ3v) is 1.08. The summed E-state index contributed by atoms with van der Waals surface area (Å²) < 4.78 is 0. The molecule has 1 atom stereocenters. The molecule has 0 saturated carbocycles. The second-order valence-electron chi connectivity index (χ2n) is 1.85. The number of rotatable bonds is 3. The van der Waals surface area contributed by atoms with Crippen LogP contribution < -0.4 is 5.90 Å². The highest BCUT2D eigenvalue weighted by atomic mass is 35.5. The van der Waals surface area contributed by atoms with Crippen molar-refractivity contribution in [1.82, 2.24) is 0 Å². The Kier molecular flexibility index (Phi) is 9.97. The van der Waals surface area contributed by atoms with Crippen molar-refractivity contribution in [3.63, 3.8) is 0 Å². The second kappa shape index (κ2) is 7.21. The van der Waals surface area contributed by atoms with Gasteiger partial charge < -0.3 is 4.84 Å². The van der Waals surface area contributed by atoms with Crippen LogP contribution in [0.2, 0.25) is 0 Å². The fourth-order valence-electron chi connectivity index (χ4n) is 0.282. The average molecular weight is 140 g/mol. The standard InChI is InChI=1S/C5H13NO.ClH/c1-3-5(2)4-7-6;/h5H,3-4,6H2,1-2H3;1H. The fraction of sp³-hybridized carbons (Fsp3) is 1.00. The minimum atomic E-state index is 0. The van der Waals surface area contributed by atoms with E-state index in [1.54, 1.807) is 0 Å². The van der Waals surface area contributed by atoms with E-state index in [4.69, 9.17) is 5.90 Å². The van der Waals surface area contributed by atoms with Crippen LogP contribution in [0.15, 0.2) is 0 Å². The molecule has 52 valence electrons. The minimum Gasteiger partial charge on any atom is -0.304 e. The van der Waals surface area contributed by atoms with E-state index in [1.807, 2.05) is 0 Å². The maximum Gasteiger partial charge on any atom is 0.0704 e. The smallest absolute Gasteiger partial charge is 0.0704 e. The summed E-state index contributed by atoms with van der Waals surface area (Å²) in [4.78, 5) is 4.39. The van der Waals surface area contributed by atoms with Gasteiger partial charge in [-0.1, -0.05) is 20.3 Å². The van der Waals surface area contributed by atoms with Gasteiger partial charge in [-0.2, -0.15) is 0 Å². The van der Waals surface area contributed by atoms with Crippen LogP contribution in [0.5, 0.6) is 0 Å². The van der Waals surface area contributed by atoms with Crippen molar-refractivity contribution in [3.8, 4) is 0 Å². The maximum absolute atomic E-state index is 4.80. The van der Waals surface area contributed by atoms with E-state index in [1.165, 1.54) is 0 Å². The van der Waals surface area contributed by atoms with Gasteiger partial charge in [0.15, 0.2) is 0 Å². The van der Waals surface area contributed by atoms with E-state index in [0.29, 0.717) is 12.5 Å². The number of hydrogen-bond acceptors (Lipinski definition) is 2. The predicted molar refractivity (Wildman–Crippen MR) is 36.8 cm³/mol. The van der Waals surface area contributed by atoms with Crippen LogP contribution in [0.4, 0.5) is 0 Å². The first-order chi connectivity index (χ1) is 3.31. The summed E-state index contributed by atoms with van der Waals surface area (Å²) in [7, 11) is 0. The zero-order chi connectivity index (χ0) is 5.70. The van der Waals surface area contributed by atoms with E-state index >= 15 is 0 Å². The molecule has 0 saturated heterocycles. The lowest BCUT2D eigenvalue weighted by Gasteiger charge is -2.02. The molecular formula is C5H14ClNO. The Morgan fingerprint density at radius 2 is 2.12 bits per heavy atom. The molecular weight excluding hydrogens is 126 g/mol. The summed E-state index contributed by atoms with van der Waals surface area (Å²) in [5.74, 6) is 5.41. The topological polar surface area (TPSA) is 35.2 Å². The van der Waals surface area contributed by atoms with Gasteiger partial charge in [-0.3, -0.25) is 0 Å². The van der Waals surface area contributed by atoms with Crippen molar-refractivity contribution in [2.75, 3.05) is 6.61 Å². The monoisotopic (exact) mass is 139 g/mol. The Morgan fingerprint density at radius 3 is 2.25 bits per heavy atom. The Bertz CT molecular complexity index is 43.4. The van der Waals surface area contributed by atoms with Crippen LogP contribution in [-0.2, 0) is 4.84 Å². The Morgan fingerprint density at radius 1 is 1.62 bits per heavy atom. The lowest BCUT2D eigenvalue weighted by Crippen LogP contribution is -2.08. The quantitative estimate of drug-likeness (QED) is 0.599. The van der Waals surface area contributed by atoms with Gasteiger partial charge in [0.1, 0.15) is 0 Å². The lowest BCUT2D eigenvalue weighted by atomic mass is 10.1. The van der Waals surface area contributed by atoms with Crippen LogP contribution in [0.25, 0.3) is 0 Å². The molecule has 1 unspecified atom stereocenters. The molecule has 0 aromatic heterocycles. The largest absolute Gasteiger partial charge is 0.304 e. The molecule has 0 amide bonds. The van der Waals surface area contributed by atoms with Crippen molar-refractivity contribution in [2.24, 2.45) is 11.8 Å². The summed E-state index contributed by atoms with van der Waals surface area (Å²) >= 11 is 0. The summed E-state index contributed by atoms with van der Waals surface area (Å²) in [6, 6.07) is 0. The first-order valence-corrected chi connectivity index (χ1v) is 2.63. The molecule has 0 heterocycles. The first-order valence-electron chi connectivity index (χ1n) is 2.63. The van der Waals surface area contributed by atoms with E-state index in [-0.39, 0.29) is 12.4 Å². The van der Waals surface area contributed by atoms with Gasteiger partial charge in [0.2, 0.25) is 0 Å². The van der Waals surface area contributed by atoms with Crippen molar-refractivity contribution in [1.29, 1.82) is 0 Å². The molecule has 0 rings (SSSR count). The third-order valence-electron chi connectivity index (χ3n) is 1.08. The van der Waals surface area contributed by atoms with Crippen molar-refractivity contribution < 1.29 is 4.84 Å². The third kappa shape index (κ3) is 6.21. The highest BCUT2D eigenvalue weighted by Gasteiger charge is 1.93. The molecule has 2 N–H and O–H groups in total.